The third kappa shape index (κ3) is 4.41. The summed E-state index contributed by atoms with van der Waals surface area (Å²) in [7, 11) is 0. The van der Waals surface area contributed by atoms with Gasteiger partial charge in [-0.15, -0.1) is 0 Å². The number of amides is 2. The Morgan fingerprint density at radius 1 is 1.18 bits per heavy atom. The lowest BCUT2D eigenvalue weighted by Gasteiger charge is -2.42. The van der Waals surface area contributed by atoms with E-state index >= 15 is 0 Å². The molecule has 2 amide bonds. The Morgan fingerprint density at radius 3 is 2.71 bits per heavy atom. The van der Waals surface area contributed by atoms with Gasteiger partial charge in [0, 0.05) is 38.4 Å². The van der Waals surface area contributed by atoms with Crippen LogP contribution in [0.3, 0.4) is 0 Å². The minimum Gasteiger partial charge on any atom is -0.356 e. The predicted molar refractivity (Wildman–Crippen MR) is 111 cm³/mol. The Kier molecular flexibility index (Phi) is 6.45. The number of carbonyl (C=O) groups excluding carboxylic acids is 2. The molecule has 5 heteroatoms. The lowest BCUT2D eigenvalue weighted by molar-refractivity contribution is -0.141. The molecule has 0 bridgehead atoms. The molecular formula is C23H29N3O2. The van der Waals surface area contributed by atoms with Crippen LogP contribution in [-0.2, 0) is 16.0 Å². The predicted octanol–water partition coefficient (Wildman–Crippen LogP) is 3.45. The van der Waals surface area contributed by atoms with E-state index < -0.39 is 5.41 Å². The first-order valence-corrected chi connectivity index (χ1v) is 10.1. The summed E-state index contributed by atoms with van der Waals surface area (Å²) in [6, 6.07) is 12.3. The summed E-state index contributed by atoms with van der Waals surface area (Å²) in [4.78, 5) is 31.5. The van der Waals surface area contributed by atoms with E-state index in [0.29, 0.717) is 25.9 Å². The van der Waals surface area contributed by atoms with Crippen molar-refractivity contribution in [3.8, 4) is 11.1 Å². The van der Waals surface area contributed by atoms with Crippen LogP contribution in [0.15, 0.2) is 48.8 Å². The van der Waals surface area contributed by atoms with E-state index in [-0.39, 0.29) is 11.8 Å². The van der Waals surface area contributed by atoms with E-state index in [1.54, 1.807) is 6.20 Å². The number of pyridine rings is 1. The fourth-order valence-electron chi connectivity index (χ4n) is 4.11. The van der Waals surface area contributed by atoms with Crippen molar-refractivity contribution in [2.75, 3.05) is 19.6 Å². The molecule has 5 nitrogen and oxygen atoms in total. The summed E-state index contributed by atoms with van der Waals surface area (Å²) in [6.45, 7) is 5.64. The molecule has 0 radical (unpaired) electrons. The Bertz CT molecular complexity index is 822. The average Bonchev–Trinajstić information content (AvgIpc) is 2.74. The molecule has 1 aliphatic rings. The van der Waals surface area contributed by atoms with E-state index in [1.165, 1.54) is 0 Å². The van der Waals surface area contributed by atoms with Crippen molar-refractivity contribution >= 4 is 11.8 Å². The molecule has 1 atom stereocenters. The van der Waals surface area contributed by atoms with Crippen molar-refractivity contribution in [1.29, 1.82) is 0 Å². The first-order valence-electron chi connectivity index (χ1n) is 10.1. The molecule has 28 heavy (non-hydrogen) atoms. The van der Waals surface area contributed by atoms with Gasteiger partial charge < -0.3 is 10.2 Å². The van der Waals surface area contributed by atoms with Gasteiger partial charge in [0.25, 0.3) is 0 Å². The molecule has 148 valence electrons. The summed E-state index contributed by atoms with van der Waals surface area (Å²) >= 11 is 0. The molecule has 1 saturated heterocycles. The van der Waals surface area contributed by atoms with Crippen LogP contribution < -0.4 is 5.32 Å². The van der Waals surface area contributed by atoms with E-state index in [2.05, 4.69) is 28.5 Å². The zero-order valence-corrected chi connectivity index (χ0v) is 16.8. The number of hydrogen-bond acceptors (Lipinski definition) is 3. The quantitative estimate of drug-likeness (QED) is 0.836. The second kappa shape index (κ2) is 9.00. The summed E-state index contributed by atoms with van der Waals surface area (Å²) in [5, 5.41) is 3.01. The van der Waals surface area contributed by atoms with Gasteiger partial charge in [0.15, 0.2) is 0 Å². The van der Waals surface area contributed by atoms with Gasteiger partial charge in [-0.25, -0.2) is 0 Å². The van der Waals surface area contributed by atoms with Crippen LogP contribution in [-0.4, -0.2) is 41.3 Å². The van der Waals surface area contributed by atoms with Crippen LogP contribution >= 0.6 is 0 Å². The zero-order chi connectivity index (χ0) is 20.0. The minimum absolute atomic E-state index is 0.0513. The average molecular weight is 380 g/mol. The van der Waals surface area contributed by atoms with E-state index in [4.69, 9.17) is 0 Å². The van der Waals surface area contributed by atoms with Crippen molar-refractivity contribution in [2.24, 2.45) is 5.41 Å². The first kappa shape index (κ1) is 20.1. The van der Waals surface area contributed by atoms with E-state index in [9.17, 15) is 9.59 Å². The molecule has 1 aromatic carbocycles. The van der Waals surface area contributed by atoms with Gasteiger partial charge in [0.05, 0.1) is 5.41 Å². The highest BCUT2D eigenvalue weighted by Gasteiger charge is 2.43. The molecule has 0 spiro atoms. The number of benzene rings is 1. The number of likely N-dealkylation sites (tertiary alicyclic amines) is 1. The van der Waals surface area contributed by atoms with Crippen molar-refractivity contribution in [2.45, 2.75) is 39.5 Å². The molecule has 1 fully saturated rings. The zero-order valence-electron chi connectivity index (χ0n) is 16.8. The number of hydrogen-bond donors (Lipinski definition) is 1. The van der Waals surface area contributed by atoms with Crippen molar-refractivity contribution in [1.82, 2.24) is 15.2 Å². The van der Waals surface area contributed by atoms with E-state index in [0.717, 1.165) is 36.1 Å². The second-order valence-electron chi connectivity index (χ2n) is 7.53. The van der Waals surface area contributed by atoms with Gasteiger partial charge in [-0.3, -0.25) is 14.6 Å². The fraction of sp³-hybridized carbons (Fsp3) is 0.435. The van der Waals surface area contributed by atoms with Crippen molar-refractivity contribution < 1.29 is 9.59 Å². The molecule has 1 aliphatic heterocycles. The van der Waals surface area contributed by atoms with Gasteiger partial charge in [-0.2, -0.15) is 0 Å². The Labute approximate surface area is 167 Å². The van der Waals surface area contributed by atoms with Crippen LogP contribution in [0.5, 0.6) is 0 Å². The number of aromatic nitrogens is 1. The Balaban J connectivity index is 1.90. The van der Waals surface area contributed by atoms with Crippen molar-refractivity contribution in [3.05, 3.63) is 54.4 Å². The van der Waals surface area contributed by atoms with Crippen LogP contribution in [0, 0.1) is 5.41 Å². The molecule has 3 rings (SSSR count). The maximum atomic E-state index is 13.1. The SMILES string of the molecule is CCNC(=O)[C@@]1(Cc2cccc(-c3cccnc3)c2)CCCN(C(=O)CC)C1. The van der Waals surface area contributed by atoms with E-state index in [1.807, 2.05) is 43.1 Å². The Morgan fingerprint density at radius 2 is 2.00 bits per heavy atom. The summed E-state index contributed by atoms with van der Waals surface area (Å²) < 4.78 is 0. The number of nitrogens with one attached hydrogen (secondary N) is 1. The second-order valence-corrected chi connectivity index (χ2v) is 7.53. The van der Waals surface area contributed by atoms with Gasteiger partial charge in [0.2, 0.25) is 11.8 Å². The number of carbonyl (C=O) groups is 2. The van der Waals surface area contributed by atoms with Crippen LogP contribution in [0.4, 0.5) is 0 Å². The normalized spacial score (nSPS) is 19.3. The Hall–Kier alpha value is -2.69. The lowest BCUT2D eigenvalue weighted by Crippen LogP contribution is -2.54. The lowest BCUT2D eigenvalue weighted by atomic mass is 9.74. The molecule has 0 saturated carbocycles. The topological polar surface area (TPSA) is 62.3 Å². The maximum absolute atomic E-state index is 13.1. The standard InChI is InChI=1S/C23H29N3O2/c1-3-21(27)26-13-7-11-23(17-26,22(28)25-4-2)15-18-8-5-9-19(14-18)20-10-6-12-24-16-20/h5-6,8-10,12,14,16H,3-4,7,11,13,15,17H2,1-2H3,(H,25,28)/t23-/m1/s1. The largest absolute Gasteiger partial charge is 0.356 e. The molecule has 2 aromatic rings. The van der Waals surface area contributed by atoms with Crippen LogP contribution in [0.25, 0.3) is 11.1 Å². The van der Waals surface area contributed by atoms with Crippen molar-refractivity contribution in [3.63, 3.8) is 0 Å². The van der Waals surface area contributed by atoms with Gasteiger partial charge in [-0.1, -0.05) is 37.3 Å². The monoisotopic (exact) mass is 379 g/mol. The van der Waals surface area contributed by atoms with Gasteiger partial charge in [-0.05, 0) is 48.9 Å². The van der Waals surface area contributed by atoms with Gasteiger partial charge in [0.1, 0.15) is 0 Å². The molecule has 1 N–H and O–H groups in total. The summed E-state index contributed by atoms with van der Waals surface area (Å²) in [6.07, 6.45) is 6.36. The minimum atomic E-state index is -0.577. The fourth-order valence-corrected chi connectivity index (χ4v) is 4.11. The summed E-state index contributed by atoms with van der Waals surface area (Å²) in [5.74, 6) is 0.174. The van der Waals surface area contributed by atoms with Crippen LogP contribution in [0.1, 0.15) is 38.7 Å². The molecular weight excluding hydrogens is 350 g/mol. The molecule has 1 aromatic heterocycles. The number of nitrogens with zero attached hydrogens (tertiary/aromatic N) is 2. The van der Waals surface area contributed by atoms with Crippen LogP contribution in [0.2, 0.25) is 0 Å². The maximum Gasteiger partial charge on any atom is 0.228 e. The highest BCUT2D eigenvalue weighted by molar-refractivity contribution is 5.85. The number of rotatable bonds is 6. The highest BCUT2D eigenvalue weighted by Crippen LogP contribution is 2.35. The molecule has 2 heterocycles. The first-order chi connectivity index (χ1) is 13.6. The summed E-state index contributed by atoms with van der Waals surface area (Å²) in [5.41, 5.74) is 2.68. The molecule has 0 aliphatic carbocycles. The smallest absolute Gasteiger partial charge is 0.228 e. The molecule has 0 unspecified atom stereocenters. The highest BCUT2D eigenvalue weighted by atomic mass is 16.2. The third-order valence-electron chi connectivity index (χ3n) is 5.52. The van der Waals surface area contributed by atoms with Gasteiger partial charge >= 0.3 is 0 Å². The third-order valence-corrected chi connectivity index (χ3v) is 5.52. The number of piperidine rings is 1.